The summed E-state index contributed by atoms with van der Waals surface area (Å²) in [5.41, 5.74) is 1.18. The first kappa shape index (κ1) is 24.0. The van der Waals surface area contributed by atoms with Crippen LogP contribution in [0.1, 0.15) is 37.7 Å². The van der Waals surface area contributed by atoms with Gasteiger partial charge in [0.2, 0.25) is 11.8 Å². The van der Waals surface area contributed by atoms with Crippen LogP contribution in [-0.4, -0.2) is 98.2 Å². The van der Waals surface area contributed by atoms with Crippen LogP contribution in [0, 0.1) is 0 Å². The minimum atomic E-state index is -0.164. The van der Waals surface area contributed by atoms with Gasteiger partial charge in [0.05, 0.1) is 19.8 Å². The quantitative estimate of drug-likeness (QED) is 0.636. The third kappa shape index (κ3) is 5.34. The van der Waals surface area contributed by atoms with Crippen molar-refractivity contribution >= 4 is 11.8 Å². The molecule has 1 N–H and O–H groups in total. The molecule has 1 aromatic carbocycles. The summed E-state index contributed by atoms with van der Waals surface area (Å²) in [5.74, 6) is 1.15. The van der Waals surface area contributed by atoms with Crippen LogP contribution in [0.2, 0.25) is 0 Å². The molecule has 0 spiro atoms. The lowest BCUT2D eigenvalue weighted by Crippen LogP contribution is -2.49. The van der Waals surface area contributed by atoms with Gasteiger partial charge in [-0.15, -0.1) is 0 Å². The predicted octanol–water partition coefficient (Wildman–Crippen LogP) is 1.49. The number of rotatable bonds is 8. The monoisotopic (exact) mass is 458 g/mol. The zero-order chi connectivity index (χ0) is 23.4. The van der Waals surface area contributed by atoms with Crippen LogP contribution in [0.4, 0.5) is 0 Å². The molecule has 33 heavy (non-hydrogen) atoms. The van der Waals surface area contributed by atoms with Crippen LogP contribution in [0.15, 0.2) is 24.3 Å². The molecular weight excluding hydrogens is 420 g/mol. The first-order chi connectivity index (χ1) is 16.0. The Morgan fingerprint density at radius 3 is 2.64 bits per heavy atom. The van der Waals surface area contributed by atoms with E-state index in [0.29, 0.717) is 19.6 Å². The van der Waals surface area contributed by atoms with E-state index in [9.17, 15) is 9.59 Å². The number of ether oxygens (including phenoxy) is 2. The number of carbonyl (C=O) groups is 2. The Hall–Kier alpha value is -2.16. The molecule has 3 fully saturated rings. The Bertz CT molecular complexity index is 817. The van der Waals surface area contributed by atoms with Crippen molar-refractivity contribution in [2.45, 2.75) is 62.8 Å². The van der Waals surface area contributed by atoms with Gasteiger partial charge in [0.1, 0.15) is 11.8 Å². The average molecular weight is 459 g/mol. The summed E-state index contributed by atoms with van der Waals surface area (Å²) >= 11 is 0. The van der Waals surface area contributed by atoms with Gasteiger partial charge >= 0.3 is 0 Å². The zero-order valence-electron chi connectivity index (χ0n) is 20.2. The summed E-state index contributed by atoms with van der Waals surface area (Å²) in [5, 5.41) is 3.17. The predicted molar refractivity (Wildman–Crippen MR) is 126 cm³/mol. The van der Waals surface area contributed by atoms with Crippen molar-refractivity contribution in [3.05, 3.63) is 29.8 Å². The fourth-order valence-electron chi connectivity index (χ4n) is 5.76. The molecule has 0 aliphatic carbocycles. The number of likely N-dealkylation sites (tertiary alicyclic amines) is 2. The molecular formula is C25H38N4O4. The Kier molecular flexibility index (Phi) is 7.88. The van der Waals surface area contributed by atoms with Crippen LogP contribution in [-0.2, 0) is 20.9 Å². The van der Waals surface area contributed by atoms with Crippen molar-refractivity contribution in [2.75, 3.05) is 47.5 Å². The average Bonchev–Trinajstić information content (AvgIpc) is 3.43. The summed E-state index contributed by atoms with van der Waals surface area (Å²) in [7, 11) is 5.48. The fourth-order valence-corrected chi connectivity index (χ4v) is 5.76. The Balaban J connectivity index is 1.36. The van der Waals surface area contributed by atoms with Crippen molar-refractivity contribution in [1.29, 1.82) is 0 Å². The number of benzene rings is 1. The van der Waals surface area contributed by atoms with Crippen LogP contribution in [0.25, 0.3) is 0 Å². The summed E-state index contributed by atoms with van der Waals surface area (Å²) in [6.07, 6.45) is 4.29. The van der Waals surface area contributed by atoms with E-state index in [0.717, 1.165) is 51.1 Å². The molecule has 182 valence electrons. The smallest absolute Gasteiger partial charge is 0.239 e. The van der Waals surface area contributed by atoms with Gasteiger partial charge in [0.25, 0.3) is 0 Å². The van der Waals surface area contributed by atoms with Crippen LogP contribution >= 0.6 is 0 Å². The Morgan fingerprint density at radius 2 is 1.91 bits per heavy atom. The number of fused-ring (bicyclic) bond motifs is 1. The number of carbonyl (C=O) groups excluding carboxylic acids is 2. The molecule has 4 unspecified atom stereocenters. The number of nitrogens with zero attached hydrogens (tertiary/aromatic N) is 3. The third-order valence-electron chi connectivity index (χ3n) is 7.64. The minimum Gasteiger partial charge on any atom is -0.497 e. The van der Waals surface area contributed by atoms with Gasteiger partial charge in [0, 0.05) is 51.8 Å². The molecule has 3 aliphatic heterocycles. The highest BCUT2D eigenvalue weighted by molar-refractivity contribution is 5.83. The molecule has 3 heterocycles. The van der Waals surface area contributed by atoms with E-state index < -0.39 is 0 Å². The largest absolute Gasteiger partial charge is 0.497 e. The number of hydrogen-bond donors (Lipinski definition) is 1. The molecule has 1 aromatic rings. The van der Waals surface area contributed by atoms with Crippen molar-refractivity contribution in [1.82, 2.24) is 20.0 Å². The first-order valence-corrected chi connectivity index (χ1v) is 12.2. The molecule has 8 nitrogen and oxygen atoms in total. The topological polar surface area (TPSA) is 74.3 Å². The molecule has 0 aromatic heterocycles. The second kappa shape index (κ2) is 10.8. The SMILES string of the molecule is COCC1CCCN1C(=O)CCC1CNC(=O)C2C(CCN2Cc2ccc(OC)cc2)N1C. The van der Waals surface area contributed by atoms with Crippen molar-refractivity contribution in [3.8, 4) is 5.75 Å². The molecule has 3 saturated heterocycles. The normalized spacial score (nSPS) is 28.5. The first-order valence-electron chi connectivity index (χ1n) is 12.2. The molecule has 4 rings (SSSR count). The van der Waals surface area contributed by atoms with Gasteiger partial charge in [-0.25, -0.2) is 0 Å². The summed E-state index contributed by atoms with van der Waals surface area (Å²) < 4.78 is 10.6. The summed E-state index contributed by atoms with van der Waals surface area (Å²) in [4.78, 5) is 32.6. The minimum absolute atomic E-state index is 0.103. The highest BCUT2D eigenvalue weighted by atomic mass is 16.5. The summed E-state index contributed by atoms with van der Waals surface area (Å²) in [6, 6.07) is 8.43. The number of hydrogen-bond acceptors (Lipinski definition) is 6. The van der Waals surface area contributed by atoms with E-state index in [2.05, 4.69) is 34.3 Å². The lowest BCUT2D eigenvalue weighted by molar-refractivity contribution is -0.133. The maximum atomic E-state index is 13.1. The highest BCUT2D eigenvalue weighted by Gasteiger charge is 2.45. The van der Waals surface area contributed by atoms with E-state index in [4.69, 9.17) is 9.47 Å². The van der Waals surface area contributed by atoms with Crippen molar-refractivity contribution in [2.24, 2.45) is 0 Å². The van der Waals surface area contributed by atoms with Crippen molar-refractivity contribution in [3.63, 3.8) is 0 Å². The maximum Gasteiger partial charge on any atom is 0.239 e. The fraction of sp³-hybridized carbons (Fsp3) is 0.680. The van der Waals surface area contributed by atoms with E-state index in [1.165, 1.54) is 5.56 Å². The van der Waals surface area contributed by atoms with Crippen LogP contribution in [0.5, 0.6) is 5.75 Å². The second-order valence-corrected chi connectivity index (χ2v) is 9.56. The van der Waals surface area contributed by atoms with E-state index in [1.807, 2.05) is 17.0 Å². The maximum absolute atomic E-state index is 13.1. The zero-order valence-corrected chi connectivity index (χ0v) is 20.2. The Morgan fingerprint density at radius 1 is 1.12 bits per heavy atom. The van der Waals surface area contributed by atoms with Gasteiger partial charge in [0.15, 0.2) is 0 Å². The molecule has 8 heteroatoms. The number of likely N-dealkylation sites (N-methyl/N-ethyl adjacent to an activating group) is 1. The molecule has 3 aliphatic rings. The van der Waals surface area contributed by atoms with E-state index >= 15 is 0 Å². The lowest BCUT2D eigenvalue weighted by atomic mass is 10.0. The van der Waals surface area contributed by atoms with E-state index in [1.54, 1.807) is 14.2 Å². The van der Waals surface area contributed by atoms with Crippen LogP contribution < -0.4 is 10.1 Å². The molecule has 4 atom stereocenters. The number of methoxy groups -OCH3 is 2. The molecule has 0 bridgehead atoms. The van der Waals surface area contributed by atoms with Gasteiger partial charge in [-0.3, -0.25) is 19.4 Å². The van der Waals surface area contributed by atoms with Gasteiger partial charge in [-0.1, -0.05) is 12.1 Å². The third-order valence-corrected chi connectivity index (χ3v) is 7.64. The summed E-state index contributed by atoms with van der Waals surface area (Å²) in [6.45, 7) is 3.66. The molecule has 2 amide bonds. The standard InChI is InChI=1S/C25H38N4O4/c1-27-19(8-11-23(30)29-13-4-5-20(29)17-32-2)15-26-25(31)24-22(27)12-14-28(24)16-18-6-9-21(33-3)10-7-18/h6-7,9-10,19-20,22,24H,4-5,8,11-17H2,1-3H3,(H,26,31). The van der Waals surface area contributed by atoms with Gasteiger partial charge < -0.3 is 19.7 Å². The van der Waals surface area contributed by atoms with Crippen molar-refractivity contribution < 1.29 is 19.1 Å². The molecule has 0 radical (unpaired) electrons. The van der Waals surface area contributed by atoms with E-state index in [-0.39, 0.29) is 36.0 Å². The molecule has 0 saturated carbocycles. The highest BCUT2D eigenvalue weighted by Crippen LogP contribution is 2.29. The van der Waals surface area contributed by atoms with Gasteiger partial charge in [-0.05, 0) is 50.4 Å². The second-order valence-electron chi connectivity index (χ2n) is 9.56. The number of amides is 2. The Labute approximate surface area is 197 Å². The number of nitrogens with one attached hydrogen (secondary N) is 1. The lowest BCUT2D eigenvalue weighted by Gasteiger charge is -2.33. The van der Waals surface area contributed by atoms with Crippen LogP contribution in [0.3, 0.4) is 0 Å². The van der Waals surface area contributed by atoms with Gasteiger partial charge in [-0.2, -0.15) is 0 Å².